The first-order valence-corrected chi connectivity index (χ1v) is 8.74. The van der Waals surface area contributed by atoms with Crippen molar-refractivity contribution in [1.82, 2.24) is 15.0 Å². The number of carbonyl (C=O) groups is 1. The summed E-state index contributed by atoms with van der Waals surface area (Å²) in [5.41, 5.74) is 0.419. The van der Waals surface area contributed by atoms with Crippen LogP contribution >= 0.6 is 11.6 Å². The van der Waals surface area contributed by atoms with Crippen molar-refractivity contribution in [3.8, 4) is 5.69 Å². The maximum atomic E-state index is 12.9. The van der Waals surface area contributed by atoms with Crippen molar-refractivity contribution in [2.24, 2.45) is 0 Å². The molecule has 0 spiro atoms. The minimum absolute atomic E-state index is 0.0237. The molecule has 1 heterocycles. The van der Waals surface area contributed by atoms with Crippen LogP contribution in [0.5, 0.6) is 0 Å². The molecule has 3 aromatic rings. The molecular weight excluding hydrogens is 393 g/mol. The monoisotopic (exact) mass is 408 g/mol. The molecule has 0 aliphatic rings. The lowest BCUT2D eigenvalue weighted by molar-refractivity contribution is -0.137. The van der Waals surface area contributed by atoms with Gasteiger partial charge in [-0.15, -0.1) is 5.10 Å². The van der Waals surface area contributed by atoms with Crippen LogP contribution in [0.2, 0.25) is 5.02 Å². The highest BCUT2D eigenvalue weighted by Gasteiger charge is 2.31. The number of nitrogens with one attached hydrogen (secondary N) is 1. The van der Waals surface area contributed by atoms with Crippen molar-refractivity contribution in [3.05, 3.63) is 70.5 Å². The number of carbonyl (C=O) groups excluding carboxylic acids is 1. The molecule has 5 nitrogen and oxygen atoms in total. The number of amides is 1. The summed E-state index contributed by atoms with van der Waals surface area (Å²) in [5.74, 6) is -0.754. The number of anilines is 1. The van der Waals surface area contributed by atoms with Crippen molar-refractivity contribution in [1.29, 1.82) is 0 Å². The summed E-state index contributed by atoms with van der Waals surface area (Å²) in [4.78, 5) is 12.7. The second kappa shape index (κ2) is 7.63. The van der Waals surface area contributed by atoms with Gasteiger partial charge >= 0.3 is 6.18 Å². The average molecular weight is 409 g/mol. The molecule has 0 aliphatic heterocycles. The molecule has 0 saturated carbocycles. The molecule has 0 saturated heterocycles. The summed E-state index contributed by atoms with van der Waals surface area (Å²) in [7, 11) is 0. The Bertz CT molecular complexity index is 997. The van der Waals surface area contributed by atoms with Crippen LogP contribution in [0, 0.1) is 0 Å². The maximum absolute atomic E-state index is 12.9. The van der Waals surface area contributed by atoms with Gasteiger partial charge in [-0.2, -0.15) is 13.2 Å². The molecule has 28 heavy (non-hydrogen) atoms. The van der Waals surface area contributed by atoms with Crippen LogP contribution in [0.15, 0.2) is 48.5 Å². The molecule has 9 heteroatoms. The van der Waals surface area contributed by atoms with Gasteiger partial charge in [0.05, 0.1) is 16.9 Å². The van der Waals surface area contributed by atoms with E-state index in [1.807, 2.05) is 13.8 Å². The van der Waals surface area contributed by atoms with Gasteiger partial charge in [0.1, 0.15) is 0 Å². The molecule has 146 valence electrons. The number of aromatic nitrogens is 3. The SMILES string of the molecule is CC(C)c1c(C(=O)Nc2cccc(C(F)(F)F)c2)nnn1-c1ccc(Cl)cc1. The van der Waals surface area contributed by atoms with Gasteiger partial charge in [0.25, 0.3) is 5.91 Å². The topological polar surface area (TPSA) is 59.8 Å². The van der Waals surface area contributed by atoms with Crippen LogP contribution in [0.3, 0.4) is 0 Å². The summed E-state index contributed by atoms with van der Waals surface area (Å²) in [6.45, 7) is 3.73. The Morgan fingerprint density at radius 1 is 1.14 bits per heavy atom. The van der Waals surface area contributed by atoms with Crippen molar-refractivity contribution in [2.75, 3.05) is 5.32 Å². The molecule has 1 amide bonds. The third-order valence-electron chi connectivity index (χ3n) is 3.99. The van der Waals surface area contributed by atoms with Crippen LogP contribution in [0.1, 0.15) is 41.5 Å². The summed E-state index contributed by atoms with van der Waals surface area (Å²) < 4.78 is 40.1. The minimum atomic E-state index is -4.50. The second-order valence-electron chi connectivity index (χ2n) is 6.40. The number of benzene rings is 2. The molecule has 0 bridgehead atoms. The summed E-state index contributed by atoms with van der Waals surface area (Å²) in [5, 5.41) is 11.0. The highest BCUT2D eigenvalue weighted by Crippen LogP contribution is 2.31. The van der Waals surface area contributed by atoms with Gasteiger partial charge in [0, 0.05) is 10.7 Å². The van der Waals surface area contributed by atoms with Crippen LogP contribution in [-0.4, -0.2) is 20.9 Å². The fraction of sp³-hybridized carbons (Fsp3) is 0.211. The smallest absolute Gasteiger partial charge is 0.321 e. The van der Waals surface area contributed by atoms with Crippen LogP contribution in [-0.2, 0) is 6.18 Å². The van der Waals surface area contributed by atoms with E-state index in [0.717, 1.165) is 12.1 Å². The van der Waals surface area contributed by atoms with Crippen molar-refractivity contribution < 1.29 is 18.0 Å². The Hall–Kier alpha value is -2.87. The number of hydrogen-bond donors (Lipinski definition) is 1. The summed E-state index contributed by atoms with van der Waals surface area (Å²) >= 11 is 5.90. The van der Waals surface area contributed by atoms with Gasteiger partial charge in [0.2, 0.25) is 0 Å². The van der Waals surface area contributed by atoms with E-state index in [1.165, 1.54) is 16.8 Å². The molecule has 2 aromatic carbocycles. The quantitative estimate of drug-likeness (QED) is 0.636. The van der Waals surface area contributed by atoms with Gasteiger partial charge in [-0.1, -0.05) is 36.7 Å². The number of hydrogen-bond acceptors (Lipinski definition) is 3. The summed E-state index contributed by atoms with van der Waals surface area (Å²) in [6, 6.07) is 11.3. The van der Waals surface area contributed by atoms with Gasteiger partial charge in [-0.3, -0.25) is 4.79 Å². The Kier molecular flexibility index (Phi) is 5.42. The summed E-state index contributed by atoms with van der Waals surface area (Å²) in [6.07, 6.45) is -4.50. The van der Waals surface area contributed by atoms with E-state index in [4.69, 9.17) is 11.6 Å². The van der Waals surface area contributed by atoms with E-state index >= 15 is 0 Å². The largest absolute Gasteiger partial charge is 0.416 e. The minimum Gasteiger partial charge on any atom is -0.321 e. The van der Waals surface area contributed by atoms with Crippen LogP contribution in [0.25, 0.3) is 5.69 Å². The van der Waals surface area contributed by atoms with E-state index in [1.54, 1.807) is 24.3 Å². The second-order valence-corrected chi connectivity index (χ2v) is 6.84. The highest BCUT2D eigenvalue weighted by atomic mass is 35.5. The average Bonchev–Trinajstić information content (AvgIpc) is 3.07. The lowest BCUT2D eigenvalue weighted by atomic mass is 10.1. The first-order chi connectivity index (χ1) is 13.2. The Balaban J connectivity index is 1.93. The zero-order valence-corrected chi connectivity index (χ0v) is 15.7. The highest BCUT2D eigenvalue weighted by molar-refractivity contribution is 6.30. The molecule has 1 N–H and O–H groups in total. The zero-order chi connectivity index (χ0) is 20.5. The molecule has 0 atom stereocenters. The van der Waals surface area contributed by atoms with E-state index in [0.29, 0.717) is 16.4 Å². The predicted molar refractivity (Wildman–Crippen MR) is 99.9 cm³/mol. The van der Waals surface area contributed by atoms with Crippen molar-refractivity contribution in [3.63, 3.8) is 0 Å². The van der Waals surface area contributed by atoms with Gasteiger partial charge in [-0.05, 0) is 48.4 Å². The Morgan fingerprint density at radius 3 is 2.43 bits per heavy atom. The zero-order valence-electron chi connectivity index (χ0n) is 15.0. The fourth-order valence-corrected chi connectivity index (χ4v) is 2.83. The maximum Gasteiger partial charge on any atom is 0.416 e. The molecule has 3 rings (SSSR count). The molecule has 1 aromatic heterocycles. The van der Waals surface area contributed by atoms with Crippen molar-refractivity contribution >= 4 is 23.2 Å². The van der Waals surface area contributed by atoms with E-state index in [2.05, 4.69) is 15.6 Å². The Morgan fingerprint density at radius 2 is 1.82 bits per heavy atom. The van der Waals surface area contributed by atoms with Crippen LogP contribution in [0.4, 0.5) is 18.9 Å². The molecule has 0 aliphatic carbocycles. The van der Waals surface area contributed by atoms with Gasteiger partial charge in [0.15, 0.2) is 5.69 Å². The first-order valence-electron chi connectivity index (χ1n) is 8.37. The van der Waals surface area contributed by atoms with Crippen LogP contribution < -0.4 is 5.32 Å². The van der Waals surface area contributed by atoms with E-state index in [-0.39, 0.29) is 17.3 Å². The number of nitrogens with zero attached hydrogens (tertiary/aromatic N) is 3. The predicted octanol–water partition coefficient (Wildman–Crippen LogP) is 5.32. The lowest BCUT2D eigenvalue weighted by Gasteiger charge is -2.12. The lowest BCUT2D eigenvalue weighted by Crippen LogP contribution is -2.17. The standard InChI is InChI=1S/C19H16ClF3N4O/c1-11(2)17-16(25-26-27(17)15-8-6-13(20)7-9-15)18(28)24-14-5-3-4-12(10-14)19(21,22)23/h3-11H,1-2H3,(H,24,28). The molecule has 0 radical (unpaired) electrons. The molecule has 0 unspecified atom stereocenters. The Labute approximate surface area is 164 Å². The van der Waals surface area contributed by atoms with Crippen molar-refractivity contribution in [2.45, 2.75) is 25.9 Å². The van der Waals surface area contributed by atoms with Gasteiger partial charge in [-0.25, -0.2) is 4.68 Å². The number of rotatable bonds is 4. The van der Waals surface area contributed by atoms with E-state index < -0.39 is 17.6 Å². The van der Waals surface area contributed by atoms with E-state index in [9.17, 15) is 18.0 Å². The molecule has 0 fully saturated rings. The molecular formula is C19H16ClF3N4O. The third-order valence-corrected chi connectivity index (χ3v) is 4.24. The third kappa shape index (κ3) is 4.17. The normalized spacial score (nSPS) is 11.7. The first kappa shape index (κ1) is 19.9. The number of halogens is 4. The number of alkyl halides is 3. The fourth-order valence-electron chi connectivity index (χ4n) is 2.71. The van der Waals surface area contributed by atoms with Gasteiger partial charge < -0.3 is 5.32 Å².